The van der Waals surface area contributed by atoms with Crippen LogP contribution >= 0.6 is 0 Å². The maximum absolute atomic E-state index is 8.87. The molecule has 0 aromatic rings. The Kier molecular flexibility index (Phi) is 2.97. The fourth-order valence-corrected chi connectivity index (χ4v) is 0.758. The van der Waals surface area contributed by atoms with Gasteiger partial charge >= 0.3 is 0 Å². The lowest BCUT2D eigenvalue weighted by atomic mass is 10.3. The summed E-state index contributed by atoms with van der Waals surface area (Å²) in [6, 6.07) is 0. The predicted molar refractivity (Wildman–Crippen MR) is 32.0 cm³/mol. The van der Waals surface area contributed by atoms with Crippen LogP contribution in [0.1, 0.15) is 12.8 Å². The third-order valence-electron chi connectivity index (χ3n) is 1.25. The third kappa shape index (κ3) is 2.79. The van der Waals surface area contributed by atoms with Crippen LogP contribution in [-0.4, -0.2) is 31.2 Å². The van der Waals surface area contributed by atoms with Crippen molar-refractivity contribution in [2.75, 3.05) is 19.8 Å². The first-order valence-electron chi connectivity index (χ1n) is 3.27. The lowest BCUT2D eigenvalue weighted by molar-refractivity contribution is -0.148. The Hall–Kier alpha value is -0.120. The lowest BCUT2D eigenvalue weighted by Gasteiger charge is -2.15. The molecule has 54 valence electrons. The van der Waals surface area contributed by atoms with Crippen molar-refractivity contribution in [1.29, 1.82) is 0 Å². The maximum atomic E-state index is 8.87. The second-order valence-corrected chi connectivity index (χ2v) is 2.11. The molecule has 3 nitrogen and oxygen atoms in total. The van der Waals surface area contributed by atoms with Crippen LogP contribution in [0.4, 0.5) is 0 Å². The molecule has 0 amide bonds. The number of hydrogen-bond acceptors (Lipinski definition) is 3. The molecule has 1 saturated heterocycles. The number of hydrogen-bond donors (Lipinski definition) is 1. The monoisotopic (exact) mass is 132 g/mol. The van der Waals surface area contributed by atoms with Gasteiger partial charge in [-0.25, -0.2) is 0 Å². The molecule has 1 fully saturated rings. The molecule has 1 atom stereocenters. The fourth-order valence-electron chi connectivity index (χ4n) is 0.758. The Labute approximate surface area is 54.6 Å². The van der Waals surface area contributed by atoms with E-state index in [1.165, 1.54) is 0 Å². The summed E-state index contributed by atoms with van der Waals surface area (Å²) < 4.78 is 9.93. The first-order valence-corrected chi connectivity index (χ1v) is 3.27. The second kappa shape index (κ2) is 3.82. The van der Waals surface area contributed by atoms with Gasteiger partial charge in [-0.1, -0.05) is 0 Å². The molecular weight excluding hydrogens is 120 g/mol. The molecule has 1 heterocycles. The second-order valence-electron chi connectivity index (χ2n) is 2.11. The van der Waals surface area contributed by atoms with Crippen molar-refractivity contribution in [2.45, 2.75) is 19.1 Å². The van der Waals surface area contributed by atoms with Gasteiger partial charge in [0.05, 0.1) is 6.61 Å². The number of aliphatic hydroxyl groups is 1. The van der Waals surface area contributed by atoms with E-state index in [9.17, 15) is 0 Å². The Bertz CT molecular complexity index is 66.7. The molecule has 0 radical (unpaired) electrons. The molecule has 9 heavy (non-hydrogen) atoms. The topological polar surface area (TPSA) is 38.7 Å². The first kappa shape index (κ1) is 6.99. The summed E-state index contributed by atoms with van der Waals surface area (Å²) in [4.78, 5) is 0. The molecule has 0 bridgehead atoms. The first-order chi connectivity index (χ1) is 4.39. The molecule has 1 N–H and O–H groups in total. The van der Waals surface area contributed by atoms with Gasteiger partial charge in [0.2, 0.25) is 0 Å². The van der Waals surface area contributed by atoms with Gasteiger partial charge in [0.25, 0.3) is 0 Å². The number of rotatable bonds is 0. The lowest BCUT2D eigenvalue weighted by Crippen LogP contribution is -2.22. The molecule has 1 aliphatic rings. The highest BCUT2D eigenvalue weighted by Crippen LogP contribution is 1.99. The van der Waals surface area contributed by atoms with E-state index >= 15 is 0 Å². The van der Waals surface area contributed by atoms with Crippen LogP contribution in [0.3, 0.4) is 0 Å². The molecule has 0 aromatic heterocycles. The van der Waals surface area contributed by atoms with Crippen molar-refractivity contribution in [1.82, 2.24) is 0 Å². The molecule has 1 rings (SSSR count). The summed E-state index contributed by atoms with van der Waals surface area (Å²) in [5, 5.41) is 8.87. The Morgan fingerprint density at radius 2 is 2.00 bits per heavy atom. The molecule has 0 aliphatic carbocycles. The van der Waals surface area contributed by atoms with Crippen molar-refractivity contribution in [3.8, 4) is 0 Å². The van der Waals surface area contributed by atoms with Crippen LogP contribution in [0.2, 0.25) is 0 Å². The third-order valence-corrected chi connectivity index (χ3v) is 1.25. The van der Waals surface area contributed by atoms with Gasteiger partial charge < -0.3 is 14.6 Å². The number of ether oxygens (including phenoxy) is 2. The standard InChI is InChI=1S/C6H12O3/c7-6-5-8-3-1-2-4-9-6/h6-7H,1-5H2. The highest BCUT2D eigenvalue weighted by atomic mass is 16.6. The molecular formula is C6H12O3. The minimum Gasteiger partial charge on any atom is -0.376 e. The van der Waals surface area contributed by atoms with Gasteiger partial charge in [-0.05, 0) is 12.8 Å². The van der Waals surface area contributed by atoms with E-state index in [0.29, 0.717) is 13.2 Å². The van der Waals surface area contributed by atoms with Crippen molar-refractivity contribution < 1.29 is 14.6 Å². The summed E-state index contributed by atoms with van der Waals surface area (Å²) >= 11 is 0. The normalized spacial score (nSPS) is 31.0. The van der Waals surface area contributed by atoms with Crippen LogP contribution < -0.4 is 0 Å². The smallest absolute Gasteiger partial charge is 0.178 e. The van der Waals surface area contributed by atoms with E-state index in [4.69, 9.17) is 14.6 Å². The maximum Gasteiger partial charge on any atom is 0.178 e. The van der Waals surface area contributed by atoms with Crippen LogP contribution in [0.15, 0.2) is 0 Å². The van der Waals surface area contributed by atoms with Crippen molar-refractivity contribution in [3.05, 3.63) is 0 Å². The minimum atomic E-state index is -0.703. The Morgan fingerprint density at radius 3 is 2.89 bits per heavy atom. The molecule has 0 saturated carbocycles. The number of aliphatic hydroxyl groups excluding tert-OH is 1. The largest absolute Gasteiger partial charge is 0.376 e. The van der Waals surface area contributed by atoms with Gasteiger partial charge in [-0.2, -0.15) is 0 Å². The Morgan fingerprint density at radius 1 is 1.22 bits per heavy atom. The van der Waals surface area contributed by atoms with Gasteiger partial charge in [0.15, 0.2) is 6.29 Å². The van der Waals surface area contributed by atoms with Crippen molar-refractivity contribution in [3.63, 3.8) is 0 Å². The van der Waals surface area contributed by atoms with Crippen LogP contribution in [-0.2, 0) is 9.47 Å². The zero-order valence-electron chi connectivity index (χ0n) is 5.38. The zero-order chi connectivity index (χ0) is 6.53. The van der Waals surface area contributed by atoms with Gasteiger partial charge in [0, 0.05) is 13.2 Å². The van der Waals surface area contributed by atoms with E-state index in [-0.39, 0.29) is 0 Å². The van der Waals surface area contributed by atoms with Gasteiger partial charge in [-0.15, -0.1) is 0 Å². The average Bonchev–Trinajstić information content (AvgIpc) is 1.79. The summed E-state index contributed by atoms with van der Waals surface area (Å²) in [6.07, 6.45) is 1.31. The fraction of sp³-hybridized carbons (Fsp3) is 1.00. The quantitative estimate of drug-likeness (QED) is 0.509. The summed E-state index contributed by atoms with van der Waals surface area (Å²) in [5.74, 6) is 0. The van der Waals surface area contributed by atoms with Crippen LogP contribution in [0.5, 0.6) is 0 Å². The molecule has 0 spiro atoms. The van der Waals surface area contributed by atoms with Crippen LogP contribution in [0, 0.1) is 0 Å². The van der Waals surface area contributed by atoms with E-state index in [2.05, 4.69) is 0 Å². The SMILES string of the molecule is OC1COCCCCO1. The molecule has 0 aromatic carbocycles. The van der Waals surface area contributed by atoms with Gasteiger partial charge in [-0.3, -0.25) is 0 Å². The van der Waals surface area contributed by atoms with Crippen molar-refractivity contribution >= 4 is 0 Å². The molecule has 1 unspecified atom stereocenters. The molecule has 1 aliphatic heterocycles. The predicted octanol–water partition coefficient (Wildman–Crippen LogP) is 0.132. The van der Waals surface area contributed by atoms with E-state index in [1.807, 2.05) is 0 Å². The van der Waals surface area contributed by atoms with Gasteiger partial charge in [0.1, 0.15) is 0 Å². The van der Waals surface area contributed by atoms with Crippen molar-refractivity contribution in [2.24, 2.45) is 0 Å². The van der Waals surface area contributed by atoms with E-state index in [1.54, 1.807) is 0 Å². The average molecular weight is 132 g/mol. The zero-order valence-corrected chi connectivity index (χ0v) is 5.38. The van der Waals surface area contributed by atoms with Crippen LogP contribution in [0.25, 0.3) is 0 Å². The summed E-state index contributed by atoms with van der Waals surface area (Å²) in [6.45, 7) is 1.73. The highest BCUT2D eigenvalue weighted by molar-refractivity contribution is 4.45. The van der Waals surface area contributed by atoms with E-state index < -0.39 is 6.29 Å². The summed E-state index contributed by atoms with van der Waals surface area (Å²) in [5.41, 5.74) is 0. The minimum absolute atomic E-state index is 0.319. The highest BCUT2D eigenvalue weighted by Gasteiger charge is 2.05. The van der Waals surface area contributed by atoms with E-state index in [0.717, 1.165) is 19.4 Å². The summed E-state index contributed by atoms with van der Waals surface area (Å²) in [7, 11) is 0. The Balaban J connectivity index is 2.12. The molecule has 3 heteroatoms.